The summed E-state index contributed by atoms with van der Waals surface area (Å²) < 4.78 is 21.8. The summed E-state index contributed by atoms with van der Waals surface area (Å²) in [6, 6.07) is 14.0. The van der Waals surface area contributed by atoms with Crippen molar-refractivity contribution in [1.82, 2.24) is 20.1 Å². The predicted octanol–water partition coefficient (Wildman–Crippen LogP) is 4.87. The average Bonchev–Trinajstić information content (AvgIpc) is 3.17. The second kappa shape index (κ2) is 10.9. The fourth-order valence-electron chi connectivity index (χ4n) is 3.22. The maximum atomic E-state index is 14.7. The zero-order valence-electron chi connectivity index (χ0n) is 18.0. The molecule has 0 fully saturated rings. The van der Waals surface area contributed by atoms with Crippen molar-refractivity contribution in [2.24, 2.45) is 0 Å². The van der Waals surface area contributed by atoms with E-state index >= 15 is 0 Å². The molecule has 3 aromatic rings. The fourth-order valence-corrected chi connectivity index (χ4v) is 3.98. The molecule has 1 N–H and O–H groups in total. The van der Waals surface area contributed by atoms with Crippen LogP contribution in [0.1, 0.15) is 33.6 Å². The van der Waals surface area contributed by atoms with E-state index in [0.29, 0.717) is 23.3 Å². The summed E-state index contributed by atoms with van der Waals surface area (Å²) in [5.41, 5.74) is 1.10. The number of hydrogen-bond acceptors (Lipinski definition) is 5. The number of halogens is 1. The molecule has 1 aromatic heterocycles. The number of carbonyl (C=O) groups excluding carboxylic acids is 1. The van der Waals surface area contributed by atoms with Crippen LogP contribution in [0.3, 0.4) is 0 Å². The van der Waals surface area contributed by atoms with E-state index in [-0.39, 0.29) is 17.7 Å². The van der Waals surface area contributed by atoms with Gasteiger partial charge in [0.2, 0.25) is 5.91 Å². The second-order valence-corrected chi connectivity index (χ2v) is 8.04. The Morgan fingerprint density at radius 3 is 2.58 bits per heavy atom. The van der Waals surface area contributed by atoms with Gasteiger partial charge in [0.25, 0.3) is 0 Å². The van der Waals surface area contributed by atoms with Crippen molar-refractivity contribution in [3.8, 4) is 22.8 Å². The molecular weight excluding hydrogens is 415 g/mol. The number of carbonyl (C=O) groups is 1. The molecule has 2 aromatic carbocycles. The lowest BCUT2D eigenvalue weighted by Crippen LogP contribution is -2.33. The van der Waals surface area contributed by atoms with Gasteiger partial charge in [-0.3, -0.25) is 9.36 Å². The maximum Gasteiger partial charge on any atom is 0.230 e. The first-order valence-corrected chi connectivity index (χ1v) is 11.4. The van der Waals surface area contributed by atoms with E-state index in [1.807, 2.05) is 38.1 Å². The van der Waals surface area contributed by atoms with E-state index in [2.05, 4.69) is 22.4 Å². The number of nitrogens with one attached hydrogen (secondary N) is 1. The highest BCUT2D eigenvalue weighted by atomic mass is 32.2. The Kier molecular flexibility index (Phi) is 8.06. The molecule has 0 aliphatic rings. The number of thioether (sulfide) groups is 1. The van der Waals surface area contributed by atoms with Gasteiger partial charge in [-0.2, -0.15) is 0 Å². The molecule has 1 heterocycles. The molecule has 0 saturated carbocycles. The van der Waals surface area contributed by atoms with Gasteiger partial charge >= 0.3 is 0 Å². The fraction of sp³-hybridized carbons (Fsp3) is 0.348. The lowest BCUT2D eigenvalue weighted by molar-refractivity contribution is -0.119. The minimum atomic E-state index is -0.391. The Morgan fingerprint density at radius 1 is 1.16 bits per heavy atom. The Hall–Kier alpha value is -2.87. The molecule has 8 heteroatoms. The summed E-state index contributed by atoms with van der Waals surface area (Å²) in [4.78, 5) is 12.3. The van der Waals surface area contributed by atoms with Crippen molar-refractivity contribution in [3.05, 3.63) is 54.3 Å². The van der Waals surface area contributed by atoms with Gasteiger partial charge in [0.15, 0.2) is 11.0 Å². The molecule has 31 heavy (non-hydrogen) atoms. The quantitative estimate of drug-likeness (QED) is 0.454. The SMILES string of the molecule is CCCC(C)NC(=O)CSc1nnc(-c2ccc(OCC)cc2)n1-c1ccccc1F. The molecule has 0 aliphatic carbocycles. The van der Waals surface area contributed by atoms with Gasteiger partial charge in [-0.25, -0.2) is 4.39 Å². The van der Waals surface area contributed by atoms with Crippen LogP contribution in [0.25, 0.3) is 17.1 Å². The lowest BCUT2D eigenvalue weighted by Gasteiger charge is -2.13. The van der Waals surface area contributed by atoms with Gasteiger partial charge in [-0.15, -0.1) is 10.2 Å². The number of amides is 1. The van der Waals surface area contributed by atoms with Crippen LogP contribution in [-0.4, -0.2) is 39.1 Å². The highest BCUT2D eigenvalue weighted by Gasteiger charge is 2.20. The Bertz CT molecular complexity index is 1010. The van der Waals surface area contributed by atoms with Gasteiger partial charge in [0, 0.05) is 11.6 Å². The summed E-state index contributed by atoms with van der Waals surface area (Å²) >= 11 is 1.23. The van der Waals surface area contributed by atoms with E-state index in [1.54, 1.807) is 22.8 Å². The molecule has 1 amide bonds. The van der Waals surface area contributed by atoms with Crippen molar-refractivity contribution >= 4 is 17.7 Å². The summed E-state index contributed by atoms with van der Waals surface area (Å²) in [5, 5.41) is 12.0. The molecule has 1 atom stereocenters. The van der Waals surface area contributed by atoms with Gasteiger partial charge in [-0.1, -0.05) is 37.2 Å². The monoisotopic (exact) mass is 442 g/mol. The molecule has 0 spiro atoms. The third-order valence-electron chi connectivity index (χ3n) is 4.61. The summed E-state index contributed by atoms with van der Waals surface area (Å²) in [6.07, 6.45) is 1.92. The normalized spacial score (nSPS) is 11.9. The van der Waals surface area contributed by atoms with E-state index in [4.69, 9.17) is 4.74 Å². The zero-order valence-corrected chi connectivity index (χ0v) is 18.8. The highest BCUT2D eigenvalue weighted by Crippen LogP contribution is 2.30. The summed E-state index contributed by atoms with van der Waals surface area (Å²) in [6.45, 7) is 6.56. The molecule has 0 radical (unpaired) electrons. The van der Waals surface area contributed by atoms with E-state index < -0.39 is 5.82 Å². The highest BCUT2D eigenvalue weighted by molar-refractivity contribution is 7.99. The van der Waals surface area contributed by atoms with Crippen molar-refractivity contribution in [2.45, 2.75) is 44.8 Å². The number of ether oxygens (including phenoxy) is 1. The van der Waals surface area contributed by atoms with Crippen molar-refractivity contribution < 1.29 is 13.9 Å². The maximum absolute atomic E-state index is 14.7. The molecule has 6 nitrogen and oxygen atoms in total. The van der Waals surface area contributed by atoms with Gasteiger partial charge in [0.05, 0.1) is 18.0 Å². The van der Waals surface area contributed by atoms with Gasteiger partial charge in [-0.05, 0) is 56.7 Å². The van der Waals surface area contributed by atoms with Crippen molar-refractivity contribution in [3.63, 3.8) is 0 Å². The minimum Gasteiger partial charge on any atom is -0.494 e. The second-order valence-electron chi connectivity index (χ2n) is 7.10. The van der Waals surface area contributed by atoms with Crippen LogP contribution in [-0.2, 0) is 4.79 Å². The number of hydrogen-bond donors (Lipinski definition) is 1. The first kappa shape index (κ1) is 22.8. The number of nitrogens with zero attached hydrogens (tertiary/aromatic N) is 3. The molecular formula is C23H27FN4O2S. The third-order valence-corrected chi connectivity index (χ3v) is 5.54. The third kappa shape index (κ3) is 5.85. The van der Waals surface area contributed by atoms with Crippen molar-refractivity contribution in [2.75, 3.05) is 12.4 Å². The van der Waals surface area contributed by atoms with Crippen LogP contribution in [0, 0.1) is 5.82 Å². The molecule has 1 unspecified atom stereocenters. The van der Waals surface area contributed by atoms with Crippen LogP contribution in [0.4, 0.5) is 4.39 Å². The topological polar surface area (TPSA) is 69.0 Å². The summed E-state index contributed by atoms with van der Waals surface area (Å²) in [5.74, 6) is 0.935. The van der Waals surface area contributed by atoms with E-state index in [0.717, 1.165) is 24.2 Å². The molecule has 0 saturated heterocycles. The number of para-hydroxylation sites is 1. The first-order valence-electron chi connectivity index (χ1n) is 10.4. The number of benzene rings is 2. The lowest BCUT2D eigenvalue weighted by atomic mass is 10.2. The Balaban J connectivity index is 1.90. The number of rotatable bonds is 10. The average molecular weight is 443 g/mol. The van der Waals surface area contributed by atoms with E-state index in [1.165, 1.54) is 17.8 Å². The molecule has 0 bridgehead atoms. The number of aromatic nitrogens is 3. The van der Waals surface area contributed by atoms with Crippen LogP contribution in [0.2, 0.25) is 0 Å². The molecule has 164 valence electrons. The largest absolute Gasteiger partial charge is 0.494 e. The smallest absolute Gasteiger partial charge is 0.230 e. The van der Waals surface area contributed by atoms with Gasteiger partial charge in [0.1, 0.15) is 11.6 Å². The van der Waals surface area contributed by atoms with Crippen LogP contribution < -0.4 is 10.1 Å². The Labute approximate surface area is 186 Å². The Morgan fingerprint density at radius 2 is 1.90 bits per heavy atom. The van der Waals surface area contributed by atoms with Crippen LogP contribution >= 0.6 is 11.8 Å². The zero-order chi connectivity index (χ0) is 22.2. The molecule has 0 aliphatic heterocycles. The van der Waals surface area contributed by atoms with Crippen LogP contribution in [0.15, 0.2) is 53.7 Å². The summed E-state index contributed by atoms with van der Waals surface area (Å²) in [7, 11) is 0. The molecule has 3 rings (SSSR count). The standard InChI is InChI=1S/C23H27FN4O2S/c1-4-8-16(3)25-21(29)15-31-23-27-26-22(17-11-13-18(14-12-17)30-5-2)28(23)20-10-7-6-9-19(20)24/h6-7,9-14,16H,4-5,8,15H2,1-3H3,(H,25,29). The first-order chi connectivity index (χ1) is 15.0. The predicted molar refractivity (Wildman–Crippen MR) is 121 cm³/mol. The van der Waals surface area contributed by atoms with E-state index in [9.17, 15) is 9.18 Å². The van der Waals surface area contributed by atoms with Gasteiger partial charge < -0.3 is 10.1 Å². The minimum absolute atomic E-state index is 0.0864. The van der Waals surface area contributed by atoms with Crippen LogP contribution in [0.5, 0.6) is 5.75 Å². The van der Waals surface area contributed by atoms with Crippen molar-refractivity contribution in [1.29, 1.82) is 0 Å².